The first-order valence-corrected chi connectivity index (χ1v) is 5.51. The van der Waals surface area contributed by atoms with Crippen molar-refractivity contribution < 1.29 is 15.0 Å². The minimum absolute atomic E-state index is 0.119. The van der Waals surface area contributed by atoms with Gasteiger partial charge in [-0.05, 0) is 6.92 Å². The number of rotatable bonds is 2. The molecule has 0 bridgehead atoms. The summed E-state index contributed by atoms with van der Waals surface area (Å²) in [6.45, 7) is 2.64. The Morgan fingerprint density at radius 2 is 2.12 bits per heavy atom. The van der Waals surface area contributed by atoms with E-state index in [-0.39, 0.29) is 19.0 Å². The van der Waals surface area contributed by atoms with Gasteiger partial charge in [0.05, 0.1) is 24.1 Å². The Morgan fingerprint density at radius 3 is 2.65 bits per heavy atom. The monoisotopic (exact) mass is 240 g/mol. The molecule has 94 valence electrons. The molecular formula is C10H16N4O3. The first kappa shape index (κ1) is 11.9. The third-order valence-electron chi connectivity index (χ3n) is 2.92. The number of aliphatic hydroxyl groups excluding tert-OH is 2. The fraction of sp³-hybridized carbons (Fsp3) is 0.600. The van der Waals surface area contributed by atoms with Gasteiger partial charge in [0.15, 0.2) is 0 Å². The summed E-state index contributed by atoms with van der Waals surface area (Å²) >= 11 is 0. The van der Waals surface area contributed by atoms with Gasteiger partial charge in [0.1, 0.15) is 5.69 Å². The maximum Gasteiger partial charge on any atom is 0.274 e. The van der Waals surface area contributed by atoms with Crippen LogP contribution in [0.2, 0.25) is 0 Å². The normalized spacial score (nSPS) is 24.3. The summed E-state index contributed by atoms with van der Waals surface area (Å²) < 4.78 is 1.51. The third-order valence-corrected chi connectivity index (χ3v) is 2.92. The molecule has 0 spiro atoms. The van der Waals surface area contributed by atoms with Crippen molar-refractivity contribution in [3.8, 4) is 0 Å². The molecule has 1 fully saturated rings. The van der Waals surface area contributed by atoms with E-state index in [1.807, 2.05) is 6.92 Å². The summed E-state index contributed by atoms with van der Waals surface area (Å²) in [5.74, 6) is -0.308. The van der Waals surface area contributed by atoms with E-state index in [1.165, 1.54) is 15.8 Å². The van der Waals surface area contributed by atoms with Crippen molar-refractivity contribution in [1.29, 1.82) is 0 Å². The van der Waals surface area contributed by atoms with Crippen molar-refractivity contribution in [2.75, 3.05) is 18.8 Å². The summed E-state index contributed by atoms with van der Waals surface area (Å²) in [7, 11) is 0. The second-order valence-electron chi connectivity index (χ2n) is 4.11. The summed E-state index contributed by atoms with van der Waals surface area (Å²) in [4.78, 5) is 13.5. The molecule has 2 rings (SSSR count). The molecule has 0 aliphatic carbocycles. The molecule has 17 heavy (non-hydrogen) atoms. The van der Waals surface area contributed by atoms with Crippen LogP contribution in [0, 0.1) is 0 Å². The number of nitrogens with two attached hydrogens (primary N) is 1. The molecule has 2 heterocycles. The summed E-state index contributed by atoms with van der Waals surface area (Å²) in [5, 5.41) is 22.8. The molecule has 1 aromatic heterocycles. The van der Waals surface area contributed by atoms with Gasteiger partial charge in [0, 0.05) is 19.6 Å². The molecule has 2 atom stereocenters. The molecule has 0 saturated carbocycles. The highest BCUT2D eigenvalue weighted by molar-refractivity contribution is 5.97. The number of anilines is 1. The number of hydrogen-bond donors (Lipinski definition) is 3. The fourth-order valence-electron chi connectivity index (χ4n) is 1.96. The number of nitrogens with zero attached hydrogens (tertiary/aromatic N) is 3. The second-order valence-corrected chi connectivity index (χ2v) is 4.11. The van der Waals surface area contributed by atoms with E-state index < -0.39 is 12.2 Å². The van der Waals surface area contributed by atoms with Crippen LogP contribution in [0.4, 0.5) is 5.69 Å². The highest BCUT2D eigenvalue weighted by Gasteiger charge is 2.34. The van der Waals surface area contributed by atoms with Crippen molar-refractivity contribution in [1.82, 2.24) is 14.7 Å². The summed E-state index contributed by atoms with van der Waals surface area (Å²) in [6, 6.07) is 0. The zero-order valence-electron chi connectivity index (χ0n) is 9.58. The van der Waals surface area contributed by atoms with Crippen molar-refractivity contribution in [2.24, 2.45) is 0 Å². The Morgan fingerprint density at radius 1 is 1.53 bits per heavy atom. The van der Waals surface area contributed by atoms with E-state index in [9.17, 15) is 15.0 Å². The lowest BCUT2D eigenvalue weighted by Gasteiger charge is -2.16. The van der Waals surface area contributed by atoms with Crippen LogP contribution in [0.5, 0.6) is 0 Å². The topological polar surface area (TPSA) is 105 Å². The van der Waals surface area contributed by atoms with Crippen LogP contribution in [0.1, 0.15) is 17.4 Å². The predicted octanol–water partition coefficient (Wildman–Crippen LogP) is -1.34. The fourth-order valence-corrected chi connectivity index (χ4v) is 1.96. The number of hydrogen-bond acceptors (Lipinski definition) is 5. The minimum atomic E-state index is -0.891. The van der Waals surface area contributed by atoms with Crippen LogP contribution < -0.4 is 5.73 Å². The number of aliphatic hydroxyl groups is 2. The molecule has 7 heteroatoms. The molecule has 7 nitrogen and oxygen atoms in total. The summed E-state index contributed by atoms with van der Waals surface area (Å²) in [6.07, 6.45) is -0.351. The molecule has 4 N–H and O–H groups in total. The van der Waals surface area contributed by atoms with Crippen molar-refractivity contribution in [3.63, 3.8) is 0 Å². The Labute approximate surface area is 98.4 Å². The first-order chi connectivity index (χ1) is 8.04. The van der Waals surface area contributed by atoms with Crippen LogP contribution in [-0.2, 0) is 6.54 Å². The second kappa shape index (κ2) is 4.34. The highest BCUT2D eigenvalue weighted by atomic mass is 16.3. The average Bonchev–Trinajstić information content (AvgIpc) is 2.82. The number of carbonyl (C=O) groups is 1. The van der Waals surface area contributed by atoms with E-state index in [4.69, 9.17) is 5.73 Å². The van der Waals surface area contributed by atoms with Crippen molar-refractivity contribution >= 4 is 11.6 Å². The Hall–Kier alpha value is -1.60. The lowest BCUT2D eigenvalue weighted by molar-refractivity contribution is 0.0572. The van der Waals surface area contributed by atoms with Gasteiger partial charge in [0.2, 0.25) is 0 Å². The van der Waals surface area contributed by atoms with E-state index in [0.717, 1.165) is 0 Å². The van der Waals surface area contributed by atoms with Crippen molar-refractivity contribution in [3.05, 3.63) is 11.9 Å². The molecule has 1 aromatic rings. The van der Waals surface area contributed by atoms with Gasteiger partial charge in [-0.15, -0.1) is 0 Å². The number of likely N-dealkylation sites (tertiary alicyclic amines) is 1. The summed E-state index contributed by atoms with van der Waals surface area (Å²) in [5.41, 5.74) is 6.33. The van der Waals surface area contributed by atoms with Crippen LogP contribution in [0.25, 0.3) is 0 Å². The van der Waals surface area contributed by atoms with E-state index >= 15 is 0 Å². The standard InChI is InChI=1S/C10H16N4O3/c1-2-14-9(6(11)3-12-14)10(17)13-4-7(15)8(16)5-13/h3,7-8,15-16H,2,4-5,11H2,1H3. The van der Waals surface area contributed by atoms with Crippen LogP contribution in [0.15, 0.2) is 6.20 Å². The number of β-amino-alcohol motifs (C(OH)–C–C–N with tert-alkyl or cyclic N) is 2. The Bertz CT molecular complexity index is 421. The SMILES string of the molecule is CCn1ncc(N)c1C(=O)N1CC(O)C(O)C1. The third kappa shape index (κ3) is 1.98. The molecule has 1 aliphatic rings. The zero-order chi connectivity index (χ0) is 12.6. The zero-order valence-corrected chi connectivity index (χ0v) is 9.58. The number of amides is 1. The van der Waals surface area contributed by atoms with E-state index in [2.05, 4.69) is 5.10 Å². The van der Waals surface area contributed by atoms with Gasteiger partial charge in [0.25, 0.3) is 5.91 Å². The Kier molecular flexibility index (Phi) is 3.03. The van der Waals surface area contributed by atoms with E-state index in [1.54, 1.807) is 0 Å². The van der Waals surface area contributed by atoms with Crippen LogP contribution in [0.3, 0.4) is 0 Å². The number of nitrogen functional groups attached to an aromatic ring is 1. The van der Waals surface area contributed by atoms with Crippen molar-refractivity contribution in [2.45, 2.75) is 25.7 Å². The van der Waals surface area contributed by atoms with Gasteiger partial charge in [-0.25, -0.2) is 0 Å². The highest BCUT2D eigenvalue weighted by Crippen LogP contribution is 2.18. The molecule has 0 radical (unpaired) electrons. The van der Waals surface area contributed by atoms with Gasteiger partial charge < -0.3 is 20.8 Å². The van der Waals surface area contributed by atoms with Crippen LogP contribution >= 0.6 is 0 Å². The maximum absolute atomic E-state index is 12.2. The smallest absolute Gasteiger partial charge is 0.274 e. The molecular weight excluding hydrogens is 224 g/mol. The number of carbonyl (C=O) groups excluding carboxylic acids is 1. The lowest BCUT2D eigenvalue weighted by atomic mass is 10.3. The number of aromatic nitrogens is 2. The molecule has 1 saturated heterocycles. The number of aryl methyl sites for hydroxylation is 1. The molecule has 1 amide bonds. The maximum atomic E-state index is 12.2. The predicted molar refractivity (Wildman–Crippen MR) is 60.2 cm³/mol. The molecule has 2 unspecified atom stereocenters. The van der Waals surface area contributed by atoms with Gasteiger partial charge >= 0.3 is 0 Å². The van der Waals surface area contributed by atoms with Gasteiger partial charge in [-0.1, -0.05) is 0 Å². The van der Waals surface area contributed by atoms with E-state index in [0.29, 0.717) is 17.9 Å². The minimum Gasteiger partial charge on any atom is -0.396 e. The first-order valence-electron chi connectivity index (χ1n) is 5.51. The Balaban J connectivity index is 2.23. The van der Waals surface area contributed by atoms with Crippen LogP contribution in [-0.4, -0.2) is 56.1 Å². The molecule has 1 aliphatic heterocycles. The lowest BCUT2D eigenvalue weighted by Crippen LogP contribution is -2.32. The largest absolute Gasteiger partial charge is 0.396 e. The van der Waals surface area contributed by atoms with Gasteiger partial charge in [-0.3, -0.25) is 9.48 Å². The molecule has 0 aromatic carbocycles. The van der Waals surface area contributed by atoms with Gasteiger partial charge in [-0.2, -0.15) is 5.10 Å². The average molecular weight is 240 g/mol. The quantitative estimate of drug-likeness (QED) is 0.593.